The first-order chi connectivity index (χ1) is 10.7. The molecule has 5 nitrogen and oxygen atoms in total. The second kappa shape index (κ2) is 7.01. The zero-order chi connectivity index (χ0) is 15.4. The molecule has 1 aliphatic rings. The van der Waals surface area contributed by atoms with Crippen LogP contribution < -0.4 is 0 Å². The van der Waals surface area contributed by atoms with Crippen LogP contribution >= 0.6 is 0 Å². The minimum atomic E-state index is 0.529. The van der Waals surface area contributed by atoms with Crippen molar-refractivity contribution in [1.82, 2.24) is 24.6 Å². The lowest BCUT2D eigenvalue weighted by atomic mass is 9.94. The molecule has 0 aromatic carbocycles. The lowest BCUT2D eigenvalue weighted by molar-refractivity contribution is 0.198. The highest BCUT2D eigenvalue weighted by Crippen LogP contribution is 2.26. The average molecular weight is 299 g/mol. The van der Waals surface area contributed by atoms with Crippen molar-refractivity contribution in [3.63, 3.8) is 0 Å². The van der Waals surface area contributed by atoms with E-state index in [2.05, 4.69) is 39.2 Å². The molecular formula is C17H25N5. The fourth-order valence-electron chi connectivity index (χ4n) is 3.24. The molecule has 2 aromatic heterocycles. The molecule has 1 saturated heterocycles. The Morgan fingerprint density at radius 3 is 3.09 bits per heavy atom. The third kappa shape index (κ3) is 3.71. The number of rotatable bonds is 5. The SMILES string of the molecule is CCCn1cc(CN2CCC[C@@H](c3ccnc(C)n3)C2)cn1. The van der Waals surface area contributed by atoms with Gasteiger partial charge in [0, 0.05) is 49.2 Å². The van der Waals surface area contributed by atoms with Crippen LogP contribution in [0.1, 0.15) is 49.2 Å². The van der Waals surface area contributed by atoms with Crippen molar-refractivity contribution < 1.29 is 0 Å². The van der Waals surface area contributed by atoms with Crippen LogP contribution in [0.15, 0.2) is 24.7 Å². The van der Waals surface area contributed by atoms with E-state index in [-0.39, 0.29) is 0 Å². The maximum Gasteiger partial charge on any atom is 0.125 e. The van der Waals surface area contributed by atoms with Crippen molar-refractivity contribution >= 4 is 0 Å². The predicted octanol–water partition coefficient (Wildman–Crippen LogP) is 2.77. The van der Waals surface area contributed by atoms with E-state index in [0.717, 1.165) is 31.9 Å². The van der Waals surface area contributed by atoms with Gasteiger partial charge in [0.2, 0.25) is 0 Å². The molecular weight excluding hydrogens is 274 g/mol. The summed E-state index contributed by atoms with van der Waals surface area (Å²) >= 11 is 0. The van der Waals surface area contributed by atoms with Crippen LogP contribution in [0.25, 0.3) is 0 Å². The van der Waals surface area contributed by atoms with Gasteiger partial charge in [-0.05, 0) is 38.8 Å². The highest BCUT2D eigenvalue weighted by atomic mass is 15.3. The maximum atomic E-state index is 4.61. The molecule has 0 spiro atoms. The predicted molar refractivity (Wildman–Crippen MR) is 86.5 cm³/mol. The highest BCUT2D eigenvalue weighted by molar-refractivity contribution is 5.11. The largest absolute Gasteiger partial charge is 0.298 e. The number of piperidine rings is 1. The number of hydrogen-bond donors (Lipinski definition) is 0. The summed E-state index contributed by atoms with van der Waals surface area (Å²) < 4.78 is 2.05. The standard InChI is InChI=1S/C17H25N5/c1-3-8-22-12-15(10-19-22)11-21-9-4-5-16(13-21)17-6-7-18-14(2)20-17/h6-7,10,12,16H,3-5,8-9,11,13H2,1-2H3/t16-/m1/s1. The van der Waals surface area contributed by atoms with Crippen LogP contribution in [0.3, 0.4) is 0 Å². The lowest BCUT2D eigenvalue weighted by Crippen LogP contribution is -2.34. The Hall–Kier alpha value is -1.75. The van der Waals surface area contributed by atoms with E-state index >= 15 is 0 Å². The summed E-state index contributed by atoms with van der Waals surface area (Å²) in [5, 5.41) is 4.43. The summed E-state index contributed by atoms with van der Waals surface area (Å²) in [6.45, 7) is 8.38. The Bertz CT molecular complexity index is 607. The van der Waals surface area contributed by atoms with Gasteiger partial charge in [-0.25, -0.2) is 9.97 Å². The number of aromatic nitrogens is 4. The third-order valence-corrected chi connectivity index (χ3v) is 4.27. The van der Waals surface area contributed by atoms with Gasteiger partial charge >= 0.3 is 0 Å². The molecule has 0 amide bonds. The molecule has 118 valence electrons. The Balaban J connectivity index is 1.62. The van der Waals surface area contributed by atoms with Crippen molar-refractivity contribution in [1.29, 1.82) is 0 Å². The van der Waals surface area contributed by atoms with Crippen molar-refractivity contribution in [3.8, 4) is 0 Å². The Labute approximate surface area is 132 Å². The average Bonchev–Trinajstić information content (AvgIpc) is 2.95. The zero-order valence-corrected chi connectivity index (χ0v) is 13.6. The quantitative estimate of drug-likeness (QED) is 0.851. The molecule has 1 aliphatic heterocycles. The Morgan fingerprint density at radius 1 is 1.36 bits per heavy atom. The van der Waals surface area contributed by atoms with Crippen molar-refractivity contribution in [2.45, 2.75) is 52.1 Å². The number of hydrogen-bond acceptors (Lipinski definition) is 4. The van der Waals surface area contributed by atoms with Crippen LogP contribution in [0.2, 0.25) is 0 Å². The van der Waals surface area contributed by atoms with Crippen LogP contribution in [0, 0.1) is 6.92 Å². The monoisotopic (exact) mass is 299 g/mol. The topological polar surface area (TPSA) is 46.8 Å². The lowest BCUT2D eigenvalue weighted by Gasteiger charge is -2.32. The number of nitrogens with zero attached hydrogens (tertiary/aromatic N) is 5. The van der Waals surface area contributed by atoms with E-state index in [1.807, 2.05) is 24.0 Å². The number of aryl methyl sites for hydroxylation is 2. The van der Waals surface area contributed by atoms with Gasteiger partial charge in [0.05, 0.1) is 6.20 Å². The fraction of sp³-hybridized carbons (Fsp3) is 0.588. The first-order valence-electron chi connectivity index (χ1n) is 8.28. The van der Waals surface area contributed by atoms with E-state index in [4.69, 9.17) is 0 Å². The van der Waals surface area contributed by atoms with Crippen LogP contribution in [-0.2, 0) is 13.1 Å². The normalized spacial score (nSPS) is 19.5. The van der Waals surface area contributed by atoms with Gasteiger partial charge in [0.1, 0.15) is 5.82 Å². The molecule has 3 rings (SSSR count). The van der Waals surface area contributed by atoms with Gasteiger partial charge in [-0.3, -0.25) is 9.58 Å². The summed E-state index contributed by atoms with van der Waals surface area (Å²) in [6.07, 6.45) is 9.65. The van der Waals surface area contributed by atoms with Gasteiger partial charge in [-0.15, -0.1) is 0 Å². The summed E-state index contributed by atoms with van der Waals surface area (Å²) in [4.78, 5) is 11.3. The second-order valence-electron chi connectivity index (χ2n) is 6.21. The summed E-state index contributed by atoms with van der Waals surface area (Å²) in [5.41, 5.74) is 2.51. The van der Waals surface area contributed by atoms with Crippen LogP contribution in [0.5, 0.6) is 0 Å². The van der Waals surface area contributed by atoms with Gasteiger partial charge in [-0.1, -0.05) is 6.92 Å². The summed E-state index contributed by atoms with van der Waals surface area (Å²) in [5.74, 6) is 1.40. The molecule has 0 radical (unpaired) electrons. The van der Waals surface area contributed by atoms with Crippen LogP contribution in [0.4, 0.5) is 0 Å². The molecule has 0 bridgehead atoms. The van der Waals surface area contributed by atoms with Gasteiger partial charge in [-0.2, -0.15) is 5.10 Å². The van der Waals surface area contributed by atoms with E-state index in [9.17, 15) is 0 Å². The Kier molecular flexibility index (Phi) is 4.83. The molecule has 0 aliphatic carbocycles. The first kappa shape index (κ1) is 15.2. The molecule has 5 heteroatoms. The molecule has 2 aromatic rings. The molecule has 1 atom stereocenters. The maximum absolute atomic E-state index is 4.61. The molecule has 0 saturated carbocycles. The van der Waals surface area contributed by atoms with Crippen LogP contribution in [-0.4, -0.2) is 37.7 Å². The smallest absolute Gasteiger partial charge is 0.125 e. The van der Waals surface area contributed by atoms with Gasteiger partial charge in [0.25, 0.3) is 0 Å². The van der Waals surface area contributed by atoms with Gasteiger partial charge < -0.3 is 0 Å². The van der Waals surface area contributed by atoms with Crippen molar-refractivity contribution in [2.75, 3.05) is 13.1 Å². The zero-order valence-electron chi connectivity index (χ0n) is 13.6. The van der Waals surface area contributed by atoms with Crippen molar-refractivity contribution in [3.05, 3.63) is 41.7 Å². The first-order valence-corrected chi connectivity index (χ1v) is 8.28. The molecule has 0 N–H and O–H groups in total. The van der Waals surface area contributed by atoms with E-state index < -0.39 is 0 Å². The van der Waals surface area contributed by atoms with E-state index in [0.29, 0.717) is 5.92 Å². The Morgan fingerprint density at radius 2 is 2.27 bits per heavy atom. The fourth-order valence-corrected chi connectivity index (χ4v) is 3.24. The second-order valence-corrected chi connectivity index (χ2v) is 6.21. The molecule has 22 heavy (non-hydrogen) atoms. The molecule has 3 heterocycles. The van der Waals surface area contributed by atoms with Gasteiger partial charge in [0.15, 0.2) is 0 Å². The third-order valence-electron chi connectivity index (χ3n) is 4.27. The summed E-state index contributed by atoms with van der Waals surface area (Å²) in [6, 6.07) is 2.07. The van der Waals surface area contributed by atoms with E-state index in [1.54, 1.807) is 0 Å². The molecule has 1 fully saturated rings. The minimum Gasteiger partial charge on any atom is -0.298 e. The van der Waals surface area contributed by atoms with Crippen molar-refractivity contribution in [2.24, 2.45) is 0 Å². The van der Waals surface area contributed by atoms with E-state index in [1.165, 1.54) is 30.6 Å². The molecule has 0 unspecified atom stereocenters. The minimum absolute atomic E-state index is 0.529. The summed E-state index contributed by atoms with van der Waals surface area (Å²) in [7, 11) is 0. The highest BCUT2D eigenvalue weighted by Gasteiger charge is 2.22. The number of likely N-dealkylation sites (tertiary alicyclic amines) is 1.